The van der Waals surface area contributed by atoms with Crippen LogP contribution in [0.2, 0.25) is 0 Å². The summed E-state index contributed by atoms with van der Waals surface area (Å²) >= 11 is 0. The van der Waals surface area contributed by atoms with Crippen molar-refractivity contribution in [3.05, 3.63) is 58.9 Å². The third-order valence-electron chi connectivity index (χ3n) is 3.83. The number of aryl methyl sites for hydroxylation is 1. The SMILES string of the molecule is CCn1c(C)cc(C(=O)NC(C(N)=O)c2ccccc2)c1C. The van der Waals surface area contributed by atoms with Gasteiger partial charge in [-0.05, 0) is 32.4 Å². The van der Waals surface area contributed by atoms with E-state index in [1.165, 1.54) is 0 Å². The Morgan fingerprint density at radius 2 is 1.86 bits per heavy atom. The van der Waals surface area contributed by atoms with Gasteiger partial charge in [-0.15, -0.1) is 0 Å². The maximum absolute atomic E-state index is 12.5. The van der Waals surface area contributed by atoms with Gasteiger partial charge in [-0.1, -0.05) is 30.3 Å². The Bertz CT molecular complexity index is 689. The topological polar surface area (TPSA) is 77.1 Å². The van der Waals surface area contributed by atoms with Gasteiger partial charge in [-0.2, -0.15) is 0 Å². The molecule has 0 spiro atoms. The first kappa shape index (κ1) is 15.8. The second-order valence-corrected chi connectivity index (χ2v) is 5.25. The molecular formula is C17H21N3O2. The first-order valence-corrected chi connectivity index (χ1v) is 7.27. The fourth-order valence-corrected chi connectivity index (χ4v) is 2.69. The van der Waals surface area contributed by atoms with E-state index >= 15 is 0 Å². The highest BCUT2D eigenvalue weighted by Gasteiger charge is 2.23. The predicted molar refractivity (Wildman–Crippen MR) is 85.4 cm³/mol. The van der Waals surface area contributed by atoms with E-state index in [4.69, 9.17) is 5.73 Å². The summed E-state index contributed by atoms with van der Waals surface area (Å²) < 4.78 is 2.05. The summed E-state index contributed by atoms with van der Waals surface area (Å²) in [6.45, 7) is 6.67. The fraction of sp³-hybridized carbons (Fsp3) is 0.294. The second-order valence-electron chi connectivity index (χ2n) is 5.25. The molecule has 1 atom stereocenters. The van der Waals surface area contributed by atoms with Gasteiger partial charge in [-0.25, -0.2) is 0 Å². The average molecular weight is 299 g/mol. The van der Waals surface area contributed by atoms with Gasteiger partial charge in [-0.3, -0.25) is 9.59 Å². The van der Waals surface area contributed by atoms with Crippen molar-refractivity contribution in [2.24, 2.45) is 5.73 Å². The molecule has 1 heterocycles. The van der Waals surface area contributed by atoms with E-state index in [1.54, 1.807) is 24.3 Å². The number of nitrogens with zero attached hydrogens (tertiary/aromatic N) is 1. The first-order valence-electron chi connectivity index (χ1n) is 7.27. The fourth-order valence-electron chi connectivity index (χ4n) is 2.69. The summed E-state index contributed by atoms with van der Waals surface area (Å²) in [6, 6.07) is 9.99. The maximum atomic E-state index is 12.5. The van der Waals surface area contributed by atoms with Gasteiger partial charge in [0.15, 0.2) is 0 Å². The lowest BCUT2D eigenvalue weighted by atomic mass is 10.1. The molecule has 0 saturated heterocycles. The Labute approximate surface area is 130 Å². The predicted octanol–water partition coefficient (Wildman–Crippen LogP) is 2.08. The quantitative estimate of drug-likeness (QED) is 0.886. The molecular weight excluding hydrogens is 278 g/mol. The number of hydrogen-bond acceptors (Lipinski definition) is 2. The number of aromatic nitrogens is 1. The zero-order valence-electron chi connectivity index (χ0n) is 13.1. The molecule has 5 nitrogen and oxygen atoms in total. The molecule has 2 rings (SSSR count). The van der Waals surface area contributed by atoms with Crippen molar-refractivity contribution in [1.29, 1.82) is 0 Å². The highest BCUT2D eigenvalue weighted by molar-refractivity contribution is 5.98. The lowest BCUT2D eigenvalue weighted by molar-refractivity contribution is -0.120. The largest absolute Gasteiger partial charge is 0.368 e. The van der Waals surface area contributed by atoms with Crippen molar-refractivity contribution in [3.63, 3.8) is 0 Å². The molecule has 0 aliphatic rings. The van der Waals surface area contributed by atoms with E-state index < -0.39 is 11.9 Å². The molecule has 0 radical (unpaired) electrons. The van der Waals surface area contributed by atoms with Crippen molar-refractivity contribution >= 4 is 11.8 Å². The van der Waals surface area contributed by atoms with Gasteiger partial charge < -0.3 is 15.6 Å². The Balaban J connectivity index is 2.28. The molecule has 0 fully saturated rings. The molecule has 0 aliphatic heterocycles. The number of nitrogens with two attached hydrogens (primary N) is 1. The summed E-state index contributed by atoms with van der Waals surface area (Å²) in [7, 11) is 0. The molecule has 22 heavy (non-hydrogen) atoms. The van der Waals surface area contributed by atoms with Crippen LogP contribution in [0.5, 0.6) is 0 Å². The van der Waals surface area contributed by atoms with E-state index in [2.05, 4.69) is 9.88 Å². The van der Waals surface area contributed by atoms with Gasteiger partial charge in [0.05, 0.1) is 5.56 Å². The molecule has 0 bridgehead atoms. The van der Waals surface area contributed by atoms with Crippen LogP contribution >= 0.6 is 0 Å². The number of carbonyl (C=O) groups is 2. The zero-order valence-corrected chi connectivity index (χ0v) is 13.1. The highest BCUT2D eigenvalue weighted by atomic mass is 16.2. The van der Waals surface area contributed by atoms with Crippen LogP contribution < -0.4 is 11.1 Å². The molecule has 2 amide bonds. The number of nitrogens with one attached hydrogen (secondary N) is 1. The number of rotatable bonds is 5. The van der Waals surface area contributed by atoms with Gasteiger partial charge in [0.2, 0.25) is 5.91 Å². The molecule has 2 aromatic rings. The molecule has 116 valence electrons. The van der Waals surface area contributed by atoms with Crippen molar-refractivity contribution in [1.82, 2.24) is 9.88 Å². The molecule has 5 heteroatoms. The van der Waals surface area contributed by atoms with E-state index in [9.17, 15) is 9.59 Å². The van der Waals surface area contributed by atoms with Gasteiger partial charge in [0.25, 0.3) is 5.91 Å². The van der Waals surface area contributed by atoms with Crippen molar-refractivity contribution in [2.75, 3.05) is 0 Å². The lowest BCUT2D eigenvalue weighted by Gasteiger charge is -2.16. The highest BCUT2D eigenvalue weighted by Crippen LogP contribution is 2.17. The second kappa shape index (κ2) is 6.47. The van der Waals surface area contributed by atoms with Crippen LogP contribution in [0.15, 0.2) is 36.4 Å². The van der Waals surface area contributed by atoms with E-state index in [0.29, 0.717) is 11.1 Å². The van der Waals surface area contributed by atoms with Crippen LogP contribution in [-0.2, 0) is 11.3 Å². The number of carbonyl (C=O) groups excluding carboxylic acids is 2. The lowest BCUT2D eigenvalue weighted by Crippen LogP contribution is -2.37. The van der Waals surface area contributed by atoms with Crippen molar-refractivity contribution in [2.45, 2.75) is 33.4 Å². The molecule has 1 unspecified atom stereocenters. The summed E-state index contributed by atoms with van der Waals surface area (Å²) in [6.07, 6.45) is 0. The number of benzene rings is 1. The molecule has 0 saturated carbocycles. The van der Waals surface area contributed by atoms with E-state index in [-0.39, 0.29) is 5.91 Å². The van der Waals surface area contributed by atoms with Crippen LogP contribution in [-0.4, -0.2) is 16.4 Å². The van der Waals surface area contributed by atoms with E-state index in [0.717, 1.165) is 17.9 Å². The summed E-state index contributed by atoms with van der Waals surface area (Å²) in [5.74, 6) is -0.871. The third kappa shape index (κ3) is 3.03. The Morgan fingerprint density at radius 3 is 2.36 bits per heavy atom. The van der Waals surface area contributed by atoms with Crippen LogP contribution in [0, 0.1) is 13.8 Å². The standard InChI is InChI=1S/C17H21N3O2/c1-4-20-11(2)10-14(12(20)3)17(22)19-15(16(18)21)13-8-6-5-7-9-13/h5-10,15H,4H2,1-3H3,(H2,18,21)(H,19,22). The van der Waals surface area contributed by atoms with Gasteiger partial charge in [0, 0.05) is 17.9 Å². The van der Waals surface area contributed by atoms with Gasteiger partial charge >= 0.3 is 0 Å². The van der Waals surface area contributed by atoms with Gasteiger partial charge in [0.1, 0.15) is 6.04 Å². The zero-order chi connectivity index (χ0) is 16.3. The third-order valence-corrected chi connectivity index (χ3v) is 3.83. The molecule has 0 aliphatic carbocycles. The summed E-state index contributed by atoms with van der Waals surface area (Å²) in [4.78, 5) is 24.2. The summed E-state index contributed by atoms with van der Waals surface area (Å²) in [5.41, 5.74) is 8.58. The van der Waals surface area contributed by atoms with Crippen LogP contribution in [0.1, 0.15) is 40.3 Å². The Kier molecular flexibility index (Phi) is 4.65. The Hall–Kier alpha value is -2.56. The number of hydrogen-bond donors (Lipinski definition) is 2. The average Bonchev–Trinajstić information content (AvgIpc) is 2.79. The van der Waals surface area contributed by atoms with Crippen LogP contribution in [0.3, 0.4) is 0 Å². The number of amides is 2. The van der Waals surface area contributed by atoms with E-state index in [1.807, 2.05) is 32.9 Å². The minimum atomic E-state index is -0.835. The molecule has 3 N–H and O–H groups in total. The normalized spacial score (nSPS) is 12.0. The monoisotopic (exact) mass is 299 g/mol. The number of primary amides is 1. The maximum Gasteiger partial charge on any atom is 0.254 e. The van der Waals surface area contributed by atoms with Crippen LogP contribution in [0.25, 0.3) is 0 Å². The Morgan fingerprint density at radius 1 is 1.23 bits per heavy atom. The molecule has 1 aromatic heterocycles. The smallest absolute Gasteiger partial charge is 0.254 e. The van der Waals surface area contributed by atoms with Crippen molar-refractivity contribution in [3.8, 4) is 0 Å². The minimum absolute atomic E-state index is 0.291. The summed E-state index contributed by atoms with van der Waals surface area (Å²) in [5, 5.41) is 2.73. The first-order chi connectivity index (χ1) is 10.5. The van der Waals surface area contributed by atoms with Crippen LogP contribution in [0.4, 0.5) is 0 Å². The van der Waals surface area contributed by atoms with Crippen molar-refractivity contribution < 1.29 is 9.59 Å². The molecule has 1 aromatic carbocycles. The minimum Gasteiger partial charge on any atom is -0.368 e.